The number of hydrogen-bond acceptors (Lipinski definition) is 6. The molecule has 2 saturated carbocycles. The van der Waals surface area contributed by atoms with E-state index in [0.29, 0.717) is 36.4 Å². The predicted octanol–water partition coefficient (Wildman–Crippen LogP) is 1.89. The maximum Gasteiger partial charge on any atom is 0.547 e. The van der Waals surface area contributed by atoms with Gasteiger partial charge in [0.2, 0.25) is 5.91 Å². The maximum atomic E-state index is 12.6. The lowest BCUT2D eigenvalue weighted by atomic mass is 9.72. The fourth-order valence-electron chi connectivity index (χ4n) is 5.50. The van der Waals surface area contributed by atoms with E-state index in [4.69, 9.17) is 4.65 Å². The van der Waals surface area contributed by atoms with Crippen molar-refractivity contribution in [2.24, 2.45) is 5.92 Å². The van der Waals surface area contributed by atoms with Crippen molar-refractivity contribution < 1.29 is 24.4 Å². The first-order valence-corrected chi connectivity index (χ1v) is 12.5. The molecule has 0 aromatic heterocycles. The Morgan fingerprint density at radius 3 is 2.33 bits per heavy atom. The van der Waals surface area contributed by atoms with Crippen molar-refractivity contribution in [2.45, 2.75) is 82.2 Å². The van der Waals surface area contributed by atoms with E-state index in [2.05, 4.69) is 16.0 Å². The minimum Gasteiger partial charge on any atom is -0.534 e. The van der Waals surface area contributed by atoms with Crippen LogP contribution in [-0.2, 0) is 11.2 Å². The van der Waals surface area contributed by atoms with Crippen molar-refractivity contribution in [1.29, 1.82) is 0 Å². The molecule has 1 unspecified atom stereocenters. The van der Waals surface area contributed by atoms with Gasteiger partial charge >= 0.3 is 13.1 Å². The van der Waals surface area contributed by atoms with Gasteiger partial charge in [-0.15, -0.1) is 0 Å². The molecule has 2 fully saturated rings. The topological polar surface area (TPSA) is 120 Å². The summed E-state index contributed by atoms with van der Waals surface area (Å²) in [4.78, 5) is 24.0. The number of carboxylic acids is 1. The lowest BCUT2D eigenvalue weighted by molar-refractivity contribution is -0.122. The Hall–Kier alpha value is -2.10. The van der Waals surface area contributed by atoms with Gasteiger partial charge in [-0.25, -0.2) is 4.79 Å². The molecule has 0 spiro atoms. The molecular weight excluding hydrogens is 421 g/mol. The summed E-state index contributed by atoms with van der Waals surface area (Å²) in [5.74, 6) is -1.23. The van der Waals surface area contributed by atoms with E-state index in [1.807, 2.05) is 0 Å². The van der Waals surface area contributed by atoms with Crippen LogP contribution >= 0.6 is 0 Å². The Balaban J connectivity index is 1.16. The number of rotatable bonds is 9. The highest BCUT2D eigenvalue weighted by atomic mass is 16.5. The smallest absolute Gasteiger partial charge is 0.534 e. The van der Waals surface area contributed by atoms with E-state index >= 15 is 0 Å². The summed E-state index contributed by atoms with van der Waals surface area (Å²) in [5, 5.41) is 29.8. The van der Waals surface area contributed by atoms with Crippen LogP contribution in [-0.4, -0.2) is 60.2 Å². The SMILES string of the molecule is O=C(CC1CCC(NCCNC2CCCC2)CC1)NC1Cc2cccc(C(=O)O)c2OB1O. The molecule has 0 bridgehead atoms. The third-order valence-electron chi connectivity index (χ3n) is 7.36. The first-order chi connectivity index (χ1) is 16.0. The molecule has 1 atom stereocenters. The van der Waals surface area contributed by atoms with Gasteiger partial charge < -0.3 is 30.7 Å². The number of para-hydroxylation sites is 1. The molecule has 8 nitrogen and oxygen atoms in total. The second kappa shape index (κ2) is 11.4. The summed E-state index contributed by atoms with van der Waals surface area (Å²) in [6, 6.07) is 6.11. The second-order valence-corrected chi connectivity index (χ2v) is 9.80. The quantitative estimate of drug-likeness (QED) is 0.284. The Morgan fingerprint density at radius 2 is 1.67 bits per heavy atom. The van der Waals surface area contributed by atoms with Crippen LogP contribution < -0.4 is 20.6 Å². The van der Waals surface area contributed by atoms with Gasteiger partial charge in [0, 0.05) is 31.6 Å². The molecule has 1 heterocycles. The number of benzene rings is 1. The van der Waals surface area contributed by atoms with Gasteiger partial charge in [-0.3, -0.25) is 4.79 Å². The molecular formula is C24H36BN3O5. The zero-order chi connectivity index (χ0) is 23.2. The number of hydrogen-bond donors (Lipinski definition) is 5. The van der Waals surface area contributed by atoms with Crippen LogP contribution in [0.15, 0.2) is 18.2 Å². The van der Waals surface area contributed by atoms with Crippen LogP contribution in [0.5, 0.6) is 5.75 Å². The highest BCUT2D eigenvalue weighted by molar-refractivity contribution is 6.47. The van der Waals surface area contributed by atoms with Gasteiger partial charge in [0.05, 0.1) is 11.5 Å². The third-order valence-corrected chi connectivity index (χ3v) is 7.36. The van der Waals surface area contributed by atoms with Crippen LogP contribution in [0.3, 0.4) is 0 Å². The van der Waals surface area contributed by atoms with Gasteiger partial charge in [0.1, 0.15) is 5.75 Å². The second-order valence-electron chi connectivity index (χ2n) is 9.80. The van der Waals surface area contributed by atoms with Crippen LogP contribution in [0.25, 0.3) is 0 Å². The van der Waals surface area contributed by atoms with E-state index in [1.54, 1.807) is 12.1 Å². The van der Waals surface area contributed by atoms with E-state index in [1.165, 1.54) is 31.7 Å². The Kier molecular flexibility index (Phi) is 8.27. The number of amides is 1. The number of nitrogens with one attached hydrogen (secondary N) is 3. The Bertz CT molecular complexity index is 824. The molecule has 0 radical (unpaired) electrons. The molecule has 1 amide bonds. The lowest BCUT2D eigenvalue weighted by Gasteiger charge is -2.31. The highest BCUT2D eigenvalue weighted by Crippen LogP contribution is 2.31. The summed E-state index contributed by atoms with van der Waals surface area (Å²) in [6.45, 7) is 2.02. The average Bonchev–Trinajstić information content (AvgIpc) is 3.31. The highest BCUT2D eigenvalue weighted by Gasteiger charge is 2.38. The minimum atomic E-state index is -1.26. The summed E-state index contributed by atoms with van der Waals surface area (Å²) < 4.78 is 5.47. The molecule has 1 aliphatic heterocycles. The van der Waals surface area contributed by atoms with Gasteiger partial charge in [-0.05, 0) is 62.5 Å². The molecule has 5 N–H and O–H groups in total. The number of aromatic carboxylic acids is 1. The first-order valence-electron chi connectivity index (χ1n) is 12.5. The average molecular weight is 457 g/mol. The summed E-state index contributed by atoms with van der Waals surface area (Å²) >= 11 is 0. The van der Waals surface area contributed by atoms with Gasteiger partial charge in [-0.1, -0.05) is 25.0 Å². The fourth-order valence-corrected chi connectivity index (χ4v) is 5.50. The molecule has 9 heteroatoms. The zero-order valence-corrected chi connectivity index (χ0v) is 19.2. The van der Waals surface area contributed by atoms with Crippen LogP contribution in [0, 0.1) is 5.92 Å². The molecule has 1 aromatic rings. The number of fused-ring (bicyclic) bond motifs is 1. The molecule has 33 heavy (non-hydrogen) atoms. The van der Waals surface area contributed by atoms with Crippen LogP contribution in [0.2, 0.25) is 0 Å². The normalized spacial score (nSPS) is 25.4. The van der Waals surface area contributed by atoms with Crippen molar-refractivity contribution >= 4 is 19.0 Å². The number of carboxylic acid groups (broad SMARTS) is 1. The largest absolute Gasteiger partial charge is 0.547 e. The maximum absolute atomic E-state index is 12.6. The Morgan fingerprint density at radius 1 is 1.00 bits per heavy atom. The summed E-state index contributed by atoms with van der Waals surface area (Å²) in [5.41, 5.74) is 0.704. The van der Waals surface area contributed by atoms with Crippen molar-refractivity contribution in [3.05, 3.63) is 29.3 Å². The van der Waals surface area contributed by atoms with Crippen molar-refractivity contribution in [3.63, 3.8) is 0 Å². The predicted molar refractivity (Wildman–Crippen MR) is 126 cm³/mol. The van der Waals surface area contributed by atoms with E-state index in [0.717, 1.165) is 38.8 Å². The van der Waals surface area contributed by atoms with Crippen LogP contribution in [0.1, 0.15) is 73.7 Å². The van der Waals surface area contributed by atoms with Crippen molar-refractivity contribution in [3.8, 4) is 5.75 Å². The Labute approximate surface area is 196 Å². The standard InChI is InChI=1S/C24H36BN3O5/c29-22(28-21-15-17-4-3-7-20(24(30)31)23(17)33-25(21)32)14-16-8-10-19(11-9-16)27-13-12-26-18-5-1-2-6-18/h3-4,7,16,18-19,21,26-27,32H,1-2,5-6,8-15H2,(H,28,29)(H,30,31). The first kappa shape index (κ1) is 24.0. The van der Waals surface area contributed by atoms with Gasteiger partial charge in [0.25, 0.3) is 0 Å². The number of carbonyl (C=O) groups excluding carboxylic acids is 1. The van der Waals surface area contributed by atoms with Crippen molar-refractivity contribution in [1.82, 2.24) is 16.0 Å². The monoisotopic (exact) mass is 457 g/mol. The molecule has 4 rings (SSSR count). The minimum absolute atomic E-state index is 0.0241. The van der Waals surface area contributed by atoms with Crippen LogP contribution in [0.4, 0.5) is 0 Å². The fraction of sp³-hybridized carbons (Fsp3) is 0.667. The molecule has 1 aromatic carbocycles. The molecule has 0 saturated heterocycles. The molecule has 180 valence electrons. The van der Waals surface area contributed by atoms with Gasteiger partial charge in [-0.2, -0.15) is 0 Å². The molecule has 3 aliphatic rings. The summed E-state index contributed by atoms with van der Waals surface area (Å²) in [6.07, 6.45) is 10.3. The third kappa shape index (κ3) is 6.49. The lowest BCUT2D eigenvalue weighted by Crippen LogP contribution is -2.53. The van der Waals surface area contributed by atoms with E-state index in [-0.39, 0.29) is 17.2 Å². The molecule has 2 aliphatic carbocycles. The zero-order valence-electron chi connectivity index (χ0n) is 19.2. The van der Waals surface area contributed by atoms with Crippen molar-refractivity contribution in [2.75, 3.05) is 13.1 Å². The van der Waals surface area contributed by atoms with Gasteiger partial charge in [0.15, 0.2) is 0 Å². The van der Waals surface area contributed by atoms with E-state index < -0.39 is 19.0 Å². The number of carbonyl (C=O) groups is 2. The summed E-state index contributed by atoms with van der Waals surface area (Å²) in [7, 11) is -1.26. The van der Waals surface area contributed by atoms with E-state index in [9.17, 15) is 19.7 Å².